The van der Waals surface area contributed by atoms with Gasteiger partial charge in [0.1, 0.15) is 6.54 Å². The molecule has 0 rings (SSSR count). The summed E-state index contributed by atoms with van der Waals surface area (Å²) >= 11 is 0. The number of hydrogen-bond donors (Lipinski definition) is 2. The van der Waals surface area contributed by atoms with Crippen LogP contribution in [0.5, 0.6) is 0 Å². The van der Waals surface area contributed by atoms with Gasteiger partial charge in [-0.25, -0.2) is 0 Å². The van der Waals surface area contributed by atoms with Gasteiger partial charge in [0.15, 0.2) is 0 Å². The van der Waals surface area contributed by atoms with Crippen molar-refractivity contribution in [2.45, 2.75) is 0 Å². The Kier molecular flexibility index (Phi) is 9.50. The largest absolute Gasteiger partial charge is 0.468 e. The van der Waals surface area contributed by atoms with Crippen LogP contribution >= 0.6 is 12.4 Å². The van der Waals surface area contributed by atoms with E-state index in [0.29, 0.717) is 0 Å². The van der Waals surface area contributed by atoms with Crippen LogP contribution in [-0.2, 0) is 14.3 Å². The average molecular weight is 197 g/mol. The molecular weight excluding hydrogens is 184 g/mol. The summed E-state index contributed by atoms with van der Waals surface area (Å²) in [7, 11) is 2.92. The minimum Gasteiger partial charge on any atom is -0.468 e. The summed E-state index contributed by atoms with van der Waals surface area (Å²) in [5.41, 5.74) is 0. The summed E-state index contributed by atoms with van der Waals surface area (Å²) in [6.07, 6.45) is 0. The highest BCUT2D eigenvalue weighted by Gasteiger charge is 2.02. The maximum atomic E-state index is 10.7. The number of carbonyl (C=O) groups is 2. The number of nitrogens with one attached hydrogen (secondary N) is 2. The molecule has 0 heterocycles. The standard InChI is InChI=1S/C6H12N2O3.ClH/c1-7-3-5(9)8-4-6(10)11-2;/h7H,3-4H2,1-2H3,(H,8,9);1H. The van der Waals surface area contributed by atoms with Gasteiger partial charge in [-0.1, -0.05) is 0 Å². The van der Waals surface area contributed by atoms with Crippen molar-refractivity contribution < 1.29 is 14.3 Å². The maximum absolute atomic E-state index is 10.7. The van der Waals surface area contributed by atoms with Crippen LogP contribution < -0.4 is 10.6 Å². The number of esters is 1. The molecule has 0 aromatic carbocycles. The van der Waals surface area contributed by atoms with Crippen molar-refractivity contribution in [1.29, 1.82) is 0 Å². The third-order valence-electron chi connectivity index (χ3n) is 0.995. The topological polar surface area (TPSA) is 67.4 Å². The van der Waals surface area contributed by atoms with E-state index in [1.807, 2.05) is 0 Å². The number of halogens is 1. The first-order valence-electron chi connectivity index (χ1n) is 3.18. The van der Waals surface area contributed by atoms with Crippen molar-refractivity contribution in [3.05, 3.63) is 0 Å². The highest BCUT2D eigenvalue weighted by Crippen LogP contribution is 1.69. The number of hydrogen-bond acceptors (Lipinski definition) is 4. The zero-order valence-electron chi connectivity index (χ0n) is 7.05. The monoisotopic (exact) mass is 196 g/mol. The Balaban J connectivity index is 0. The molecular formula is C6H13ClN2O3. The smallest absolute Gasteiger partial charge is 0.325 e. The normalized spacial score (nSPS) is 8.17. The summed E-state index contributed by atoms with van der Waals surface area (Å²) in [5, 5.41) is 5.00. The van der Waals surface area contributed by atoms with E-state index in [1.165, 1.54) is 7.11 Å². The second kappa shape index (κ2) is 8.29. The number of amides is 1. The molecule has 0 aliphatic heterocycles. The van der Waals surface area contributed by atoms with Gasteiger partial charge in [-0.3, -0.25) is 9.59 Å². The summed E-state index contributed by atoms with van der Waals surface area (Å²) in [6, 6.07) is 0. The molecule has 5 nitrogen and oxygen atoms in total. The van der Waals surface area contributed by atoms with Crippen molar-refractivity contribution in [3.63, 3.8) is 0 Å². The maximum Gasteiger partial charge on any atom is 0.325 e. The molecule has 0 aliphatic carbocycles. The lowest BCUT2D eigenvalue weighted by Crippen LogP contribution is -2.35. The Hall–Kier alpha value is -0.810. The number of likely N-dealkylation sites (N-methyl/N-ethyl adjacent to an activating group) is 1. The van der Waals surface area contributed by atoms with E-state index in [2.05, 4.69) is 15.4 Å². The minimum absolute atomic E-state index is 0. The fraction of sp³-hybridized carbons (Fsp3) is 0.667. The Morgan fingerprint density at radius 3 is 2.33 bits per heavy atom. The molecule has 0 saturated heterocycles. The zero-order chi connectivity index (χ0) is 8.69. The molecule has 12 heavy (non-hydrogen) atoms. The van der Waals surface area contributed by atoms with Crippen LogP contribution in [0, 0.1) is 0 Å². The summed E-state index contributed by atoms with van der Waals surface area (Å²) in [4.78, 5) is 21.1. The van der Waals surface area contributed by atoms with Gasteiger partial charge >= 0.3 is 5.97 Å². The van der Waals surface area contributed by atoms with E-state index in [-0.39, 0.29) is 31.4 Å². The SMILES string of the molecule is CNCC(=O)NCC(=O)OC.Cl. The third kappa shape index (κ3) is 7.30. The van der Waals surface area contributed by atoms with E-state index in [4.69, 9.17) is 0 Å². The average Bonchev–Trinajstić information content (AvgIpc) is 2.01. The van der Waals surface area contributed by atoms with Crippen molar-refractivity contribution in [2.75, 3.05) is 27.2 Å². The van der Waals surface area contributed by atoms with Crippen molar-refractivity contribution in [3.8, 4) is 0 Å². The van der Waals surface area contributed by atoms with Crippen molar-refractivity contribution in [1.82, 2.24) is 10.6 Å². The predicted molar refractivity (Wildman–Crippen MR) is 46.2 cm³/mol. The Labute approximate surface area is 77.3 Å². The third-order valence-corrected chi connectivity index (χ3v) is 0.995. The minimum atomic E-state index is -0.450. The van der Waals surface area contributed by atoms with Gasteiger partial charge in [0.05, 0.1) is 13.7 Å². The molecule has 72 valence electrons. The molecule has 2 N–H and O–H groups in total. The van der Waals surface area contributed by atoms with Gasteiger partial charge in [-0.15, -0.1) is 12.4 Å². The fourth-order valence-corrected chi connectivity index (χ4v) is 0.466. The molecule has 0 unspecified atom stereocenters. The lowest BCUT2D eigenvalue weighted by molar-refractivity contribution is -0.141. The summed E-state index contributed by atoms with van der Waals surface area (Å²) in [6.45, 7) is 0.133. The molecule has 0 bridgehead atoms. The van der Waals surface area contributed by atoms with Crippen LogP contribution in [0.1, 0.15) is 0 Å². The number of ether oxygens (including phenoxy) is 1. The second-order valence-electron chi connectivity index (χ2n) is 1.88. The van der Waals surface area contributed by atoms with E-state index < -0.39 is 5.97 Å². The molecule has 0 aliphatic rings. The van der Waals surface area contributed by atoms with E-state index >= 15 is 0 Å². The van der Waals surface area contributed by atoms with Gasteiger partial charge in [-0.05, 0) is 7.05 Å². The highest BCUT2D eigenvalue weighted by molar-refractivity contribution is 5.85. The van der Waals surface area contributed by atoms with Crippen molar-refractivity contribution in [2.24, 2.45) is 0 Å². The van der Waals surface area contributed by atoms with Crippen LogP contribution in [0.2, 0.25) is 0 Å². The Morgan fingerprint density at radius 2 is 1.92 bits per heavy atom. The van der Waals surface area contributed by atoms with Gasteiger partial charge in [-0.2, -0.15) is 0 Å². The highest BCUT2D eigenvalue weighted by atomic mass is 35.5. The summed E-state index contributed by atoms with van der Waals surface area (Å²) in [5.74, 6) is -0.674. The van der Waals surface area contributed by atoms with E-state index in [9.17, 15) is 9.59 Å². The second-order valence-corrected chi connectivity index (χ2v) is 1.88. The molecule has 0 spiro atoms. The number of rotatable bonds is 4. The lowest BCUT2D eigenvalue weighted by Gasteiger charge is -2.01. The quantitative estimate of drug-likeness (QED) is 0.562. The van der Waals surface area contributed by atoms with Crippen LogP contribution in [0.4, 0.5) is 0 Å². The first-order chi connectivity index (χ1) is 5.20. The van der Waals surface area contributed by atoms with Gasteiger partial charge in [0, 0.05) is 0 Å². The molecule has 0 radical (unpaired) electrons. The van der Waals surface area contributed by atoms with Gasteiger partial charge in [0.25, 0.3) is 0 Å². The molecule has 0 atom stereocenters. The molecule has 0 aromatic heterocycles. The van der Waals surface area contributed by atoms with Gasteiger partial charge in [0.2, 0.25) is 5.91 Å². The fourth-order valence-electron chi connectivity index (χ4n) is 0.466. The van der Waals surface area contributed by atoms with Crippen LogP contribution in [0.3, 0.4) is 0 Å². The first kappa shape index (κ1) is 13.8. The van der Waals surface area contributed by atoms with Crippen molar-refractivity contribution >= 4 is 24.3 Å². The zero-order valence-corrected chi connectivity index (χ0v) is 7.86. The first-order valence-corrected chi connectivity index (χ1v) is 3.18. The predicted octanol–water partition coefficient (Wildman–Crippen LogP) is -1.08. The molecule has 0 saturated carbocycles. The Morgan fingerprint density at radius 1 is 1.33 bits per heavy atom. The molecule has 0 fully saturated rings. The molecule has 6 heteroatoms. The van der Waals surface area contributed by atoms with E-state index in [0.717, 1.165) is 0 Å². The molecule has 1 amide bonds. The van der Waals surface area contributed by atoms with E-state index in [1.54, 1.807) is 7.05 Å². The lowest BCUT2D eigenvalue weighted by atomic mass is 10.5. The Bertz CT molecular complexity index is 152. The number of methoxy groups -OCH3 is 1. The molecule has 0 aromatic rings. The van der Waals surface area contributed by atoms with Crippen LogP contribution in [-0.4, -0.2) is 39.1 Å². The van der Waals surface area contributed by atoms with Crippen LogP contribution in [0.15, 0.2) is 0 Å². The van der Waals surface area contributed by atoms with Crippen LogP contribution in [0.25, 0.3) is 0 Å². The number of carbonyl (C=O) groups excluding carboxylic acids is 2. The summed E-state index contributed by atoms with van der Waals surface area (Å²) < 4.78 is 4.30. The van der Waals surface area contributed by atoms with Gasteiger partial charge < -0.3 is 15.4 Å².